The van der Waals surface area contributed by atoms with Crippen molar-refractivity contribution in [2.75, 3.05) is 18.5 Å². The highest BCUT2D eigenvalue weighted by molar-refractivity contribution is 6.08. The molecule has 1 atom stereocenters. The summed E-state index contributed by atoms with van der Waals surface area (Å²) in [6, 6.07) is 16.5. The van der Waals surface area contributed by atoms with E-state index in [1.165, 1.54) is 4.90 Å². The number of carbonyl (C=O) groups is 2. The van der Waals surface area contributed by atoms with E-state index in [1.54, 1.807) is 11.9 Å². The summed E-state index contributed by atoms with van der Waals surface area (Å²) in [5.41, 5.74) is 2.02. The molecule has 1 N–H and O–H groups in total. The molecule has 1 aliphatic rings. The third kappa shape index (κ3) is 2.55. The molecule has 25 heavy (non-hydrogen) atoms. The monoisotopic (exact) mass is 334 g/mol. The van der Waals surface area contributed by atoms with Gasteiger partial charge < -0.3 is 9.80 Å². The molecule has 0 radical (unpaired) electrons. The second-order valence-corrected chi connectivity index (χ2v) is 6.16. The number of para-hydroxylation sites is 2. The predicted molar refractivity (Wildman–Crippen MR) is 95.4 cm³/mol. The minimum absolute atomic E-state index is 0.0538. The number of anilines is 1. The molecular weight excluding hydrogens is 316 g/mol. The number of rotatable bonds is 3. The van der Waals surface area contributed by atoms with Crippen LogP contribution in [0.5, 0.6) is 0 Å². The molecule has 1 fully saturated rings. The first-order valence-electron chi connectivity index (χ1n) is 8.23. The van der Waals surface area contributed by atoms with Gasteiger partial charge in [0.2, 0.25) is 5.91 Å². The number of amides is 2. The second-order valence-electron chi connectivity index (χ2n) is 6.16. The van der Waals surface area contributed by atoms with Crippen molar-refractivity contribution in [1.29, 1.82) is 0 Å². The lowest BCUT2D eigenvalue weighted by Crippen LogP contribution is -2.43. The van der Waals surface area contributed by atoms with Gasteiger partial charge in [-0.1, -0.05) is 36.4 Å². The van der Waals surface area contributed by atoms with E-state index < -0.39 is 6.04 Å². The second kappa shape index (κ2) is 6.05. The zero-order valence-electron chi connectivity index (χ0n) is 13.8. The number of fused-ring (bicyclic) bond motifs is 1. The van der Waals surface area contributed by atoms with Crippen LogP contribution in [0.25, 0.3) is 10.9 Å². The third-order valence-corrected chi connectivity index (χ3v) is 4.71. The van der Waals surface area contributed by atoms with Crippen molar-refractivity contribution < 1.29 is 9.59 Å². The summed E-state index contributed by atoms with van der Waals surface area (Å²) in [5, 5.41) is 7.78. The SMILES string of the molecule is CN(C(=O)c1n[nH]c2ccccc12)C1CCN(c2ccccc2)C1=O. The molecule has 6 nitrogen and oxygen atoms in total. The molecule has 0 saturated carbocycles. The van der Waals surface area contributed by atoms with Gasteiger partial charge >= 0.3 is 0 Å². The Balaban J connectivity index is 1.58. The van der Waals surface area contributed by atoms with Crippen LogP contribution < -0.4 is 4.90 Å². The fourth-order valence-electron chi connectivity index (χ4n) is 3.32. The number of carbonyl (C=O) groups excluding carboxylic acids is 2. The van der Waals surface area contributed by atoms with Crippen LogP contribution in [0.2, 0.25) is 0 Å². The van der Waals surface area contributed by atoms with E-state index in [0.29, 0.717) is 18.7 Å². The van der Waals surface area contributed by atoms with Crippen molar-refractivity contribution in [3.05, 3.63) is 60.3 Å². The standard InChI is InChI=1S/C19H18N4O2/c1-22(19(25)17-14-9-5-6-10-15(14)20-21-17)16-11-12-23(18(16)24)13-7-3-2-4-8-13/h2-10,16H,11-12H2,1H3,(H,20,21). The summed E-state index contributed by atoms with van der Waals surface area (Å²) in [7, 11) is 1.67. The van der Waals surface area contributed by atoms with E-state index in [-0.39, 0.29) is 11.8 Å². The van der Waals surface area contributed by atoms with Gasteiger partial charge in [-0.3, -0.25) is 14.7 Å². The number of nitrogens with one attached hydrogen (secondary N) is 1. The van der Waals surface area contributed by atoms with E-state index in [0.717, 1.165) is 16.6 Å². The van der Waals surface area contributed by atoms with Crippen LogP contribution in [0.3, 0.4) is 0 Å². The Morgan fingerprint density at radius 1 is 1.16 bits per heavy atom. The molecule has 1 aliphatic heterocycles. The number of hydrogen-bond acceptors (Lipinski definition) is 3. The van der Waals surface area contributed by atoms with Crippen LogP contribution in [-0.4, -0.2) is 46.5 Å². The number of nitrogens with zero attached hydrogens (tertiary/aromatic N) is 3. The molecule has 1 saturated heterocycles. The molecule has 2 aromatic carbocycles. The van der Waals surface area contributed by atoms with Gasteiger partial charge in [0.1, 0.15) is 6.04 Å². The zero-order chi connectivity index (χ0) is 17.4. The number of benzene rings is 2. The summed E-state index contributed by atoms with van der Waals surface area (Å²) < 4.78 is 0. The summed E-state index contributed by atoms with van der Waals surface area (Å²) in [5.74, 6) is -0.299. The van der Waals surface area contributed by atoms with Gasteiger partial charge in [0.15, 0.2) is 5.69 Å². The van der Waals surface area contributed by atoms with Gasteiger partial charge in [-0.15, -0.1) is 0 Å². The van der Waals surface area contributed by atoms with Crippen molar-refractivity contribution in [1.82, 2.24) is 15.1 Å². The Labute approximate surface area is 145 Å². The Kier molecular flexibility index (Phi) is 3.72. The number of aromatic amines is 1. The summed E-state index contributed by atoms with van der Waals surface area (Å²) in [6.07, 6.45) is 0.609. The molecule has 126 valence electrons. The first kappa shape index (κ1) is 15.4. The maximum absolute atomic E-state index is 12.9. The van der Waals surface area contributed by atoms with Crippen LogP contribution in [-0.2, 0) is 4.79 Å². The van der Waals surface area contributed by atoms with E-state index in [4.69, 9.17) is 0 Å². The van der Waals surface area contributed by atoms with Crippen LogP contribution in [0.15, 0.2) is 54.6 Å². The smallest absolute Gasteiger partial charge is 0.275 e. The minimum atomic E-state index is -0.469. The highest BCUT2D eigenvalue weighted by atomic mass is 16.2. The number of likely N-dealkylation sites (N-methyl/N-ethyl adjacent to an activating group) is 1. The Hall–Kier alpha value is -3.15. The maximum atomic E-state index is 12.9. The van der Waals surface area contributed by atoms with E-state index in [2.05, 4.69) is 10.2 Å². The summed E-state index contributed by atoms with van der Waals surface area (Å²) in [6.45, 7) is 0.604. The zero-order valence-corrected chi connectivity index (χ0v) is 13.8. The Morgan fingerprint density at radius 2 is 1.88 bits per heavy atom. The molecular formula is C19H18N4O2. The van der Waals surface area contributed by atoms with Gasteiger partial charge in [0, 0.05) is 24.7 Å². The molecule has 3 aromatic rings. The molecule has 1 unspecified atom stereocenters. The molecule has 4 rings (SSSR count). The topological polar surface area (TPSA) is 69.3 Å². The molecule has 2 amide bonds. The third-order valence-electron chi connectivity index (χ3n) is 4.71. The average molecular weight is 334 g/mol. The molecule has 0 aliphatic carbocycles. The van der Waals surface area contributed by atoms with Gasteiger partial charge in [-0.05, 0) is 24.6 Å². The molecule has 1 aromatic heterocycles. The van der Waals surface area contributed by atoms with Crippen molar-refractivity contribution >= 4 is 28.4 Å². The van der Waals surface area contributed by atoms with Crippen molar-refractivity contribution in [3.63, 3.8) is 0 Å². The largest absolute Gasteiger partial charge is 0.328 e. The predicted octanol–water partition coefficient (Wildman–Crippen LogP) is 2.44. The molecule has 0 bridgehead atoms. The fourth-order valence-corrected chi connectivity index (χ4v) is 3.32. The lowest BCUT2D eigenvalue weighted by Gasteiger charge is -2.23. The van der Waals surface area contributed by atoms with Crippen LogP contribution in [0, 0.1) is 0 Å². The highest BCUT2D eigenvalue weighted by Gasteiger charge is 2.38. The normalized spacial score (nSPS) is 17.2. The quantitative estimate of drug-likeness (QED) is 0.800. The van der Waals surface area contributed by atoms with E-state index >= 15 is 0 Å². The summed E-state index contributed by atoms with van der Waals surface area (Å²) >= 11 is 0. The molecule has 2 heterocycles. The Bertz CT molecular complexity index is 935. The number of hydrogen-bond donors (Lipinski definition) is 1. The first-order chi connectivity index (χ1) is 12.2. The highest BCUT2D eigenvalue weighted by Crippen LogP contribution is 2.25. The summed E-state index contributed by atoms with van der Waals surface area (Å²) in [4.78, 5) is 28.9. The fraction of sp³-hybridized carbons (Fsp3) is 0.211. The van der Waals surface area contributed by atoms with Crippen LogP contribution >= 0.6 is 0 Å². The lowest BCUT2D eigenvalue weighted by atomic mass is 10.1. The minimum Gasteiger partial charge on any atom is -0.328 e. The van der Waals surface area contributed by atoms with E-state index in [1.807, 2.05) is 54.6 Å². The van der Waals surface area contributed by atoms with E-state index in [9.17, 15) is 9.59 Å². The molecule has 6 heteroatoms. The van der Waals surface area contributed by atoms with Crippen molar-refractivity contribution in [3.8, 4) is 0 Å². The van der Waals surface area contributed by atoms with Gasteiger partial charge in [-0.25, -0.2) is 0 Å². The number of H-pyrrole nitrogens is 1. The van der Waals surface area contributed by atoms with Crippen LogP contribution in [0.4, 0.5) is 5.69 Å². The Morgan fingerprint density at radius 3 is 2.68 bits per heavy atom. The molecule has 0 spiro atoms. The first-order valence-corrected chi connectivity index (χ1v) is 8.23. The van der Waals surface area contributed by atoms with Gasteiger partial charge in [0.25, 0.3) is 5.91 Å². The lowest BCUT2D eigenvalue weighted by molar-refractivity contribution is -0.120. The average Bonchev–Trinajstić information content (AvgIpc) is 3.25. The number of aromatic nitrogens is 2. The maximum Gasteiger partial charge on any atom is 0.275 e. The van der Waals surface area contributed by atoms with Gasteiger partial charge in [-0.2, -0.15) is 5.10 Å². The van der Waals surface area contributed by atoms with Gasteiger partial charge in [0.05, 0.1) is 5.52 Å². The van der Waals surface area contributed by atoms with Crippen LogP contribution in [0.1, 0.15) is 16.9 Å². The van der Waals surface area contributed by atoms with Crippen molar-refractivity contribution in [2.45, 2.75) is 12.5 Å². The van der Waals surface area contributed by atoms with Crippen molar-refractivity contribution in [2.24, 2.45) is 0 Å².